The second-order valence-corrected chi connectivity index (χ2v) is 8.03. The molecular formula is C19H14BrClF2N4OS. The van der Waals surface area contributed by atoms with Gasteiger partial charge in [-0.1, -0.05) is 41.6 Å². The van der Waals surface area contributed by atoms with Gasteiger partial charge in [-0.2, -0.15) is 0 Å². The van der Waals surface area contributed by atoms with E-state index in [9.17, 15) is 13.6 Å². The van der Waals surface area contributed by atoms with Crippen LogP contribution >= 0.6 is 39.3 Å². The largest absolute Gasteiger partial charge is 0.322 e. The van der Waals surface area contributed by atoms with Crippen LogP contribution in [0.25, 0.3) is 11.4 Å². The molecule has 2 aromatic carbocycles. The molecule has 0 aliphatic rings. The lowest BCUT2D eigenvalue weighted by Gasteiger charge is -2.10. The van der Waals surface area contributed by atoms with Crippen molar-refractivity contribution >= 4 is 50.9 Å². The van der Waals surface area contributed by atoms with Gasteiger partial charge in [0.05, 0.1) is 11.4 Å². The van der Waals surface area contributed by atoms with Crippen molar-refractivity contribution in [2.75, 3.05) is 11.1 Å². The summed E-state index contributed by atoms with van der Waals surface area (Å²) in [6.07, 6.45) is 1.69. The molecule has 3 aromatic rings. The number of nitrogens with zero attached hydrogens (tertiary/aromatic N) is 3. The first kappa shape index (κ1) is 21.5. The van der Waals surface area contributed by atoms with Gasteiger partial charge < -0.3 is 5.32 Å². The third kappa shape index (κ3) is 5.23. The number of halogens is 4. The van der Waals surface area contributed by atoms with E-state index in [1.165, 1.54) is 0 Å². The van der Waals surface area contributed by atoms with Gasteiger partial charge in [0.15, 0.2) is 16.8 Å². The molecule has 29 heavy (non-hydrogen) atoms. The van der Waals surface area contributed by atoms with Crippen LogP contribution in [0.2, 0.25) is 5.02 Å². The van der Waals surface area contributed by atoms with Crippen molar-refractivity contribution in [3.63, 3.8) is 0 Å². The number of thioether (sulfide) groups is 1. The van der Waals surface area contributed by atoms with Gasteiger partial charge >= 0.3 is 0 Å². The van der Waals surface area contributed by atoms with E-state index in [0.717, 1.165) is 23.4 Å². The molecule has 0 spiro atoms. The predicted octanol–water partition coefficient (Wildman–Crippen LogP) is 5.56. The van der Waals surface area contributed by atoms with Gasteiger partial charge in [0.1, 0.15) is 5.82 Å². The van der Waals surface area contributed by atoms with Gasteiger partial charge in [0.25, 0.3) is 0 Å². The van der Waals surface area contributed by atoms with Gasteiger partial charge in [-0.05, 0) is 34.1 Å². The van der Waals surface area contributed by atoms with Gasteiger partial charge in [-0.25, -0.2) is 8.78 Å². The molecule has 0 radical (unpaired) electrons. The summed E-state index contributed by atoms with van der Waals surface area (Å²) in [6, 6.07) is 8.95. The van der Waals surface area contributed by atoms with Gasteiger partial charge in [-0.15, -0.1) is 16.8 Å². The van der Waals surface area contributed by atoms with E-state index in [4.69, 9.17) is 11.6 Å². The molecule has 5 nitrogen and oxygen atoms in total. The third-order valence-corrected chi connectivity index (χ3v) is 5.54. The predicted molar refractivity (Wildman–Crippen MR) is 114 cm³/mol. The van der Waals surface area contributed by atoms with Crippen LogP contribution in [-0.4, -0.2) is 26.4 Å². The molecule has 1 N–H and O–H groups in total. The lowest BCUT2D eigenvalue weighted by Crippen LogP contribution is -2.16. The van der Waals surface area contributed by atoms with Crippen molar-refractivity contribution in [3.05, 3.63) is 70.2 Å². The second-order valence-electron chi connectivity index (χ2n) is 5.80. The highest BCUT2D eigenvalue weighted by Crippen LogP contribution is 2.28. The molecule has 0 saturated carbocycles. The number of anilines is 1. The van der Waals surface area contributed by atoms with Gasteiger partial charge in [0, 0.05) is 27.7 Å². The Kier molecular flexibility index (Phi) is 7.05. The minimum absolute atomic E-state index is 0.0475. The summed E-state index contributed by atoms with van der Waals surface area (Å²) < 4.78 is 29.0. The van der Waals surface area contributed by atoms with Gasteiger partial charge in [-0.3, -0.25) is 9.36 Å². The first-order chi connectivity index (χ1) is 13.9. The van der Waals surface area contributed by atoms with Crippen molar-refractivity contribution in [3.8, 4) is 11.4 Å². The summed E-state index contributed by atoms with van der Waals surface area (Å²) >= 11 is 10.2. The number of rotatable bonds is 7. The minimum Gasteiger partial charge on any atom is -0.322 e. The maximum atomic E-state index is 13.9. The van der Waals surface area contributed by atoms with Gasteiger partial charge in [0.2, 0.25) is 5.91 Å². The molecule has 0 bridgehead atoms. The van der Waals surface area contributed by atoms with E-state index < -0.39 is 17.5 Å². The normalized spacial score (nSPS) is 10.8. The molecule has 0 aliphatic carbocycles. The van der Waals surface area contributed by atoms with Crippen molar-refractivity contribution in [2.45, 2.75) is 11.7 Å². The summed E-state index contributed by atoms with van der Waals surface area (Å²) in [4.78, 5) is 12.3. The molecule has 3 rings (SSSR count). The topological polar surface area (TPSA) is 59.8 Å². The summed E-state index contributed by atoms with van der Waals surface area (Å²) in [5, 5.41) is 11.8. The molecule has 1 aromatic heterocycles. The second kappa shape index (κ2) is 9.51. The van der Waals surface area contributed by atoms with Crippen LogP contribution in [0.4, 0.5) is 14.5 Å². The standard InChI is InChI=1S/C19H14BrClF2N4OS/c1-2-6-27-18(11-4-3-5-12(21)7-11)25-26-19(27)29-10-16(28)24-17-14(20)8-13(22)9-15(17)23/h2-5,7-9H,1,6,10H2,(H,24,28). The summed E-state index contributed by atoms with van der Waals surface area (Å²) in [5.74, 6) is -1.55. The lowest BCUT2D eigenvalue weighted by molar-refractivity contribution is -0.113. The van der Waals surface area contributed by atoms with Crippen molar-refractivity contribution < 1.29 is 13.6 Å². The Labute approximate surface area is 183 Å². The van der Waals surface area contributed by atoms with Crippen LogP contribution in [0, 0.1) is 11.6 Å². The maximum absolute atomic E-state index is 13.9. The molecule has 1 amide bonds. The van der Waals surface area contributed by atoms with E-state index in [1.54, 1.807) is 28.8 Å². The average molecular weight is 500 g/mol. The Morgan fingerprint density at radius 1 is 1.31 bits per heavy atom. The first-order valence-corrected chi connectivity index (χ1v) is 10.4. The Bertz CT molecular complexity index is 1050. The van der Waals surface area contributed by atoms with Crippen LogP contribution in [0.1, 0.15) is 0 Å². The van der Waals surface area contributed by atoms with Crippen LogP contribution in [-0.2, 0) is 11.3 Å². The third-order valence-electron chi connectivity index (χ3n) is 3.71. The Morgan fingerprint density at radius 3 is 2.79 bits per heavy atom. The number of benzene rings is 2. The van der Waals surface area contributed by atoms with Crippen LogP contribution in [0.5, 0.6) is 0 Å². The number of amides is 1. The fourth-order valence-corrected chi connectivity index (χ4v) is 3.94. The number of carbonyl (C=O) groups is 1. The molecule has 0 atom stereocenters. The fraction of sp³-hybridized carbons (Fsp3) is 0.105. The number of carbonyl (C=O) groups excluding carboxylic acids is 1. The Balaban J connectivity index is 1.75. The quantitative estimate of drug-likeness (QED) is 0.342. The van der Waals surface area contributed by atoms with Crippen LogP contribution in [0.15, 0.2) is 58.7 Å². The van der Waals surface area contributed by atoms with E-state index in [-0.39, 0.29) is 15.9 Å². The van der Waals surface area contributed by atoms with Crippen molar-refractivity contribution in [1.29, 1.82) is 0 Å². The molecule has 0 aliphatic heterocycles. The lowest BCUT2D eigenvalue weighted by atomic mass is 10.2. The summed E-state index contributed by atoms with van der Waals surface area (Å²) in [6.45, 7) is 4.17. The summed E-state index contributed by atoms with van der Waals surface area (Å²) in [5.41, 5.74) is 0.657. The van der Waals surface area contributed by atoms with Crippen LogP contribution < -0.4 is 5.32 Å². The number of aromatic nitrogens is 3. The Morgan fingerprint density at radius 2 is 2.10 bits per heavy atom. The zero-order valence-corrected chi connectivity index (χ0v) is 18.0. The maximum Gasteiger partial charge on any atom is 0.234 e. The minimum atomic E-state index is -0.867. The molecule has 10 heteroatoms. The smallest absolute Gasteiger partial charge is 0.234 e. The van der Waals surface area contributed by atoms with E-state index in [0.29, 0.717) is 28.6 Å². The van der Waals surface area contributed by atoms with Crippen molar-refractivity contribution in [1.82, 2.24) is 14.8 Å². The first-order valence-electron chi connectivity index (χ1n) is 8.26. The molecule has 0 saturated heterocycles. The Hall–Kier alpha value is -2.23. The zero-order chi connectivity index (χ0) is 21.0. The monoisotopic (exact) mass is 498 g/mol. The molecule has 0 fully saturated rings. The number of allylic oxidation sites excluding steroid dienone is 1. The highest BCUT2D eigenvalue weighted by molar-refractivity contribution is 9.10. The highest BCUT2D eigenvalue weighted by atomic mass is 79.9. The fourth-order valence-electron chi connectivity index (χ4n) is 2.50. The molecular weight excluding hydrogens is 486 g/mol. The van der Waals surface area contributed by atoms with E-state index in [1.807, 2.05) is 6.07 Å². The SMILES string of the molecule is C=CCn1c(SCC(=O)Nc2c(F)cc(F)cc2Br)nnc1-c1cccc(Cl)c1. The van der Waals surface area contributed by atoms with Crippen LogP contribution in [0.3, 0.4) is 0 Å². The van der Waals surface area contributed by atoms with E-state index >= 15 is 0 Å². The molecule has 1 heterocycles. The highest BCUT2D eigenvalue weighted by Gasteiger charge is 2.17. The summed E-state index contributed by atoms with van der Waals surface area (Å²) in [7, 11) is 0. The number of nitrogens with one attached hydrogen (secondary N) is 1. The number of hydrogen-bond donors (Lipinski definition) is 1. The molecule has 0 unspecified atom stereocenters. The van der Waals surface area contributed by atoms with E-state index in [2.05, 4.69) is 38.0 Å². The average Bonchev–Trinajstić information content (AvgIpc) is 3.06. The molecule has 150 valence electrons. The zero-order valence-electron chi connectivity index (χ0n) is 14.8. The van der Waals surface area contributed by atoms with Crippen molar-refractivity contribution in [2.24, 2.45) is 0 Å². The number of hydrogen-bond acceptors (Lipinski definition) is 4.